The Kier molecular flexibility index (Phi) is 5.27. The lowest BCUT2D eigenvalue weighted by Crippen LogP contribution is -2.30. The predicted octanol–water partition coefficient (Wildman–Crippen LogP) is 4.32. The average molecular weight is 500 g/mol. The van der Waals surface area contributed by atoms with Gasteiger partial charge in [-0.15, -0.1) is 0 Å². The van der Waals surface area contributed by atoms with E-state index >= 15 is 0 Å². The Morgan fingerprint density at radius 3 is 2.38 bits per heavy atom. The first-order valence-corrected chi connectivity index (χ1v) is 12.6. The number of benzene rings is 2. The number of hydrogen-bond donors (Lipinski definition) is 3. The molecule has 2 fully saturated rings. The molecule has 1 saturated heterocycles. The Bertz CT molecular complexity index is 1480. The van der Waals surface area contributed by atoms with E-state index in [4.69, 9.17) is 4.74 Å². The van der Waals surface area contributed by atoms with Gasteiger partial charge in [-0.2, -0.15) is 0 Å². The van der Waals surface area contributed by atoms with Crippen molar-refractivity contribution in [3.05, 3.63) is 72.7 Å². The number of hydrogen-bond acceptors (Lipinski definition) is 7. The molecule has 0 amide bonds. The van der Waals surface area contributed by atoms with Crippen molar-refractivity contribution in [2.75, 3.05) is 19.4 Å². The van der Waals surface area contributed by atoms with Crippen LogP contribution in [0.15, 0.2) is 67.1 Å². The number of para-hydroxylation sites is 1. The van der Waals surface area contributed by atoms with Gasteiger partial charge in [-0.1, -0.05) is 62.4 Å². The zero-order valence-electron chi connectivity index (χ0n) is 21.8. The fourth-order valence-electron chi connectivity index (χ4n) is 6.31. The molecular formula is C29H33N5O3. The molecule has 0 bridgehead atoms. The summed E-state index contributed by atoms with van der Waals surface area (Å²) in [6.07, 6.45) is 2.15. The molecule has 0 unspecified atom stereocenters. The highest BCUT2D eigenvalue weighted by atomic mass is 16.6. The third-order valence-electron chi connectivity index (χ3n) is 8.41. The van der Waals surface area contributed by atoms with Crippen LogP contribution < -0.4 is 5.32 Å². The van der Waals surface area contributed by atoms with Gasteiger partial charge in [0.15, 0.2) is 6.23 Å². The van der Waals surface area contributed by atoms with Crippen LogP contribution in [0.1, 0.15) is 32.6 Å². The van der Waals surface area contributed by atoms with Crippen molar-refractivity contribution in [3.8, 4) is 11.1 Å². The van der Waals surface area contributed by atoms with Gasteiger partial charge in [-0.05, 0) is 38.2 Å². The number of nitrogens with one attached hydrogen (secondary N) is 1. The quantitative estimate of drug-likeness (QED) is 0.364. The standard InChI is InChI=1S/C29H33N5O3/c1-18-28(35)27(2,3)29(28,36)26(37-18)34-16-21(19-11-7-6-8-12-19)23-24(30-17-31-25(23)34)32-22-14-10-9-13-20(22)15-33(4)5/h6-14,16-18,26,35-36H,15H2,1-5H3,(H,30,31,32)/t18-,26-,28+,29-/m1/s1. The van der Waals surface area contributed by atoms with E-state index in [9.17, 15) is 10.2 Å². The van der Waals surface area contributed by atoms with Gasteiger partial charge in [0.25, 0.3) is 0 Å². The Labute approximate surface area is 216 Å². The lowest BCUT2D eigenvalue weighted by Gasteiger charge is -2.26. The first-order valence-electron chi connectivity index (χ1n) is 12.6. The Hall–Kier alpha value is -3.30. The maximum absolute atomic E-state index is 11.7. The van der Waals surface area contributed by atoms with Crippen LogP contribution in [0.2, 0.25) is 0 Å². The summed E-state index contributed by atoms with van der Waals surface area (Å²) in [4.78, 5) is 11.4. The SMILES string of the molecule is C[C@H]1O[C@@H](n2cc(-c3ccccc3)c3c(Nc4ccccc4CN(C)C)ncnc32)[C@@]2(O)C(C)(C)[C@@]12O. The smallest absolute Gasteiger partial charge is 0.168 e. The molecule has 0 radical (unpaired) electrons. The summed E-state index contributed by atoms with van der Waals surface area (Å²) in [6, 6.07) is 18.2. The largest absolute Gasteiger partial charge is 0.383 e. The molecule has 2 aromatic carbocycles. The van der Waals surface area contributed by atoms with Crippen molar-refractivity contribution in [1.29, 1.82) is 0 Å². The second kappa shape index (κ2) is 8.10. The van der Waals surface area contributed by atoms with Crippen molar-refractivity contribution in [2.45, 2.75) is 50.8 Å². The third kappa shape index (κ3) is 3.16. The van der Waals surface area contributed by atoms with Crippen molar-refractivity contribution in [3.63, 3.8) is 0 Å². The summed E-state index contributed by atoms with van der Waals surface area (Å²) in [5, 5.41) is 27.5. The molecule has 8 nitrogen and oxygen atoms in total. The monoisotopic (exact) mass is 499 g/mol. The number of aromatic nitrogens is 3. The van der Waals surface area contributed by atoms with E-state index in [1.165, 1.54) is 6.33 Å². The molecule has 6 rings (SSSR count). The second-order valence-corrected chi connectivity index (χ2v) is 11.0. The summed E-state index contributed by atoms with van der Waals surface area (Å²) in [5.74, 6) is 0.664. The van der Waals surface area contributed by atoms with E-state index in [1.807, 2.05) is 94.2 Å². The number of anilines is 2. The maximum Gasteiger partial charge on any atom is 0.168 e. The van der Waals surface area contributed by atoms with E-state index in [0.29, 0.717) is 11.5 Å². The molecule has 192 valence electrons. The normalized spacial score (nSPS) is 28.0. The maximum atomic E-state index is 11.7. The van der Waals surface area contributed by atoms with E-state index < -0.39 is 28.9 Å². The van der Waals surface area contributed by atoms with Gasteiger partial charge < -0.3 is 29.7 Å². The average Bonchev–Trinajstić information content (AvgIpc) is 3.17. The molecule has 3 heterocycles. The van der Waals surface area contributed by atoms with Gasteiger partial charge in [0.1, 0.15) is 29.0 Å². The number of aliphatic hydroxyl groups is 2. The summed E-state index contributed by atoms with van der Waals surface area (Å²) < 4.78 is 8.07. The molecule has 4 aromatic rings. The van der Waals surface area contributed by atoms with E-state index in [0.717, 1.165) is 34.3 Å². The summed E-state index contributed by atoms with van der Waals surface area (Å²) in [7, 11) is 4.09. The van der Waals surface area contributed by atoms with Crippen molar-refractivity contribution < 1.29 is 14.9 Å². The van der Waals surface area contributed by atoms with E-state index in [2.05, 4.69) is 26.3 Å². The topological polar surface area (TPSA) is 95.7 Å². The number of nitrogens with zero attached hydrogens (tertiary/aromatic N) is 4. The van der Waals surface area contributed by atoms with Crippen molar-refractivity contribution in [1.82, 2.24) is 19.4 Å². The Balaban J connectivity index is 1.54. The number of ether oxygens (including phenoxy) is 1. The van der Waals surface area contributed by atoms with Gasteiger partial charge in [0.05, 0.1) is 11.5 Å². The van der Waals surface area contributed by atoms with Crippen molar-refractivity contribution >= 4 is 22.5 Å². The van der Waals surface area contributed by atoms with Crippen LogP contribution in [-0.4, -0.2) is 61.0 Å². The van der Waals surface area contributed by atoms with Gasteiger partial charge in [-0.25, -0.2) is 9.97 Å². The summed E-state index contributed by atoms with van der Waals surface area (Å²) in [6.45, 7) is 6.35. The molecule has 37 heavy (non-hydrogen) atoms. The molecule has 1 aliphatic heterocycles. The molecule has 1 saturated carbocycles. The highest BCUT2D eigenvalue weighted by molar-refractivity contribution is 6.02. The number of rotatable bonds is 6. The van der Waals surface area contributed by atoms with Crippen molar-refractivity contribution in [2.24, 2.45) is 5.41 Å². The van der Waals surface area contributed by atoms with Crippen LogP contribution in [0.5, 0.6) is 0 Å². The van der Waals surface area contributed by atoms with E-state index in [1.54, 1.807) is 0 Å². The van der Waals surface area contributed by atoms with Crippen LogP contribution in [0.4, 0.5) is 11.5 Å². The first kappa shape index (κ1) is 24.1. The molecule has 2 aromatic heterocycles. The van der Waals surface area contributed by atoms with Crippen LogP contribution in [0, 0.1) is 5.41 Å². The molecule has 4 atom stereocenters. The second-order valence-electron chi connectivity index (χ2n) is 11.0. The van der Waals surface area contributed by atoms with Crippen LogP contribution in [0.3, 0.4) is 0 Å². The highest BCUT2D eigenvalue weighted by Gasteiger charge is 2.92. The fourth-order valence-corrected chi connectivity index (χ4v) is 6.31. The third-order valence-corrected chi connectivity index (χ3v) is 8.41. The van der Waals surface area contributed by atoms with Crippen LogP contribution in [-0.2, 0) is 11.3 Å². The zero-order valence-corrected chi connectivity index (χ0v) is 21.8. The van der Waals surface area contributed by atoms with Gasteiger partial charge in [-0.3, -0.25) is 0 Å². The molecule has 0 spiro atoms. The molecule has 8 heteroatoms. The first-order chi connectivity index (χ1) is 17.6. The minimum absolute atomic E-state index is 0.535. The molecule has 3 N–H and O–H groups in total. The minimum Gasteiger partial charge on any atom is -0.383 e. The molecular weight excluding hydrogens is 466 g/mol. The zero-order chi connectivity index (χ0) is 26.2. The fraction of sp³-hybridized carbons (Fsp3) is 0.379. The molecule has 1 aliphatic carbocycles. The summed E-state index contributed by atoms with van der Waals surface area (Å²) in [5.41, 5.74) is 1.12. The predicted molar refractivity (Wildman–Crippen MR) is 143 cm³/mol. The van der Waals surface area contributed by atoms with Gasteiger partial charge in [0, 0.05) is 29.4 Å². The minimum atomic E-state index is -1.45. The van der Waals surface area contributed by atoms with E-state index in [-0.39, 0.29) is 0 Å². The lowest BCUT2D eigenvalue weighted by atomic mass is 10.0. The Morgan fingerprint density at radius 1 is 1.00 bits per heavy atom. The van der Waals surface area contributed by atoms with Crippen LogP contribution >= 0.6 is 0 Å². The summed E-state index contributed by atoms with van der Waals surface area (Å²) >= 11 is 0. The van der Waals surface area contributed by atoms with Gasteiger partial charge >= 0.3 is 0 Å². The van der Waals surface area contributed by atoms with Crippen LogP contribution in [0.25, 0.3) is 22.2 Å². The lowest BCUT2D eigenvalue weighted by molar-refractivity contribution is -0.105. The molecule has 2 aliphatic rings. The highest BCUT2D eigenvalue weighted by Crippen LogP contribution is 2.75. The number of fused-ring (bicyclic) bond motifs is 2. The Morgan fingerprint density at radius 2 is 1.70 bits per heavy atom. The van der Waals surface area contributed by atoms with Gasteiger partial charge in [0.2, 0.25) is 0 Å².